The van der Waals surface area contributed by atoms with Gasteiger partial charge in [-0.15, -0.1) is 5.92 Å². The molecule has 0 aliphatic carbocycles. The molecular formula is C22H26N4O4. The molecule has 0 bridgehead atoms. The summed E-state index contributed by atoms with van der Waals surface area (Å²) in [5.41, 5.74) is 6.39. The third-order valence-electron chi connectivity index (χ3n) is 5.24. The zero-order valence-electron chi connectivity index (χ0n) is 17.0. The Morgan fingerprint density at radius 3 is 2.63 bits per heavy atom. The molecule has 3 N–H and O–H groups in total. The van der Waals surface area contributed by atoms with Crippen molar-refractivity contribution in [1.82, 2.24) is 9.13 Å². The van der Waals surface area contributed by atoms with E-state index in [1.165, 1.54) is 10.6 Å². The molecule has 1 aromatic heterocycles. The van der Waals surface area contributed by atoms with Crippen LogP contribution in [0.3, 0.4) is 0 Å². The quantitative estimate of drug-likeness (QED) is 0.676. The maximum atomic E-state index is 13.3. The van der Waals surface area contributed by atoms with E-state index in [1.807, 2.05) is 4.90 Å². The highest BCUT2D eigenvalue weighted by molar-refractivity contribution is 5.70. The highest BCUT2D eigenvalue weighted by Crippen LogP contribution is 2.17. The molecule has 30 heavy (non-hydrogen) atoms. The molecule has 0 unspecified atom stereocenters. The van der Waals surface area contributed by atoms with Crippen LogP contribution in [0.15, 0.2) is 39.9 Å². The summed E-state index contributed by atoms with van der Waals surface area (Å²) < 4.78 is 2.63. The summed E-state index contributed by atoms with van der Waals surface area (Å²) in [7, 11) is 0. The number of nitrogens with two attached hydrogens (primary N) is 1. The smallest absolute Gasteiger partial charge is 0.333 e. The fourth-order valence-corrected chi connectivity index (χ4v) is 3.75. The summed E-state index contributed by atoms with van der Waals surface area (Å²) in [6.07, 6.45) is 1.62. The lowest BCUT2D eigenvalue weighted by molar-refractivity contribution is -0.136. The average Bonchev–Trinajstić information content (AvgIpc) is 2.71. The standard InChI is InChI=1S/C22H26N4O4/c1-2-3-11-25-19(24-10-6-9-18(23)15-24)13-20(27)26(22(25)30)14-17-8-5-4-7-16(17)12-21(28)29/h4-5,7-8,13,18H,6,9-12,14-15,23H2,1H3,(H,28,29)/t18-/m1/s1. The van der Waals surface area contributed by atoms with Gasteiger partial charge in [0.15, 0.2) is 0 Å². The number of piperidine rings is 1. The van der Waals surface area contributed by atoms with Crippen molar-refractivity contribution in [2.24, 2.45) is 5.73 Å². The number of rotatable bonds is 6. The maximum absolute atomic E-state index is 13.3. The van der Waals surface area contributed by atoms with Crippen LogP contribution in [-0.4, -0.2) is 39.3 Å². The lowest BCUT2D eigenvalue weighted by atomic mass is 10.0. The zero-order chi connectivity index (χ0) is 21.7. The van der Waals surface area contributed by atoms with Gasteiger partial charge in [0.05, 0.1) is 19.5 Å². The van der Waals surface area contributed by atoms with Crippen LogP contribution in [0, 0.1) is 11.8 Å². The van der Waals surface area contributed by atoms with Gasteiger partial charge < -0.3 is 15.7 Å². The Labute approximate surface area is 174 Å². The van der Waals surface area contributed by atoms with E-state index in [0.29, 0.717) is 23.5 Å². The SMILES string of the molecule is CC#CCn1c(N2CCC[C@@H](N)C2)cc(=O)n(Cc2ccccc2CC(=O)O)c1=O. The largest absolute Gasteiger partial charge is 0.481 e. The average molecular weight is 410 g/mol. The Bertz CT molecular complexity index is 1110. The summed E-state index contributed by atoms with van der Waals surface area (Å²) in [5, 5.41) is 9.14. The number of carbonyl (C=O) groups is 1. The van der Waals surface area contributed by atoms with Gasteiger partial charge in [0.25, 0.3) is 5.56 Å². The first-order valence-corrected chi connectivity index (χ1v) is 9.94. The van der Waals surface area contributed by atoms with Gasteiger partial charge in [-0.2, -0.15) is 0 Å². The monoisotopic (exact) mass is 410 g/mol. The van der Waals surface area contributed by atoms with E-state index in [1.54, 1.807) is 31.2 Å². The first-order valence-electron chi connectivity index (χ1n) is 9.94. The number of benzene rings is 1. The molecule has 1 aromatic carbocycles. The number of nitrogens with zero attached hydrogens (tertiary/aromatic N) is 3. The topological polar surface area (TPSA) is 111 Å². The van der Waals surface area contributed by atoms with Crippen LogP contribution in [0.1, 0.15) is 30.9 Å². The number of hydrogen-bond donors (Lipinski definition) is 2. The molecule has 1 aliphatic heterocycles. The predicted octanol–water partition coefficient (Wildman–Crippen LogP) is 0.636. The molecule has 1 atom stereocenters. The fraction of sp³-hybridized carbons (Fsp3) is 0.409. The Kier molecular flexibility index (Phi) is 6.75. The van der Waals surface area contributed by atoms with Crippen molar-refractivity contribution in [3.05, 3.63) is 62.3 Å². The number of carboxylic acid groups (broad SMARTS) is 1. The molecule has 0 saturated carbocycles. The second-order valence-electron chi connectivity index (χ2n) is 7.41. The van der Waals surface area contributed by atoms with Crippen molar-refractivity contribution < 1.29 is 9.90 Å². The van der Waals surface area contributed by atoms with E-state index in [0.717, 1.165) is 24.0 Å². The van der Waals surface area contributed by atoms with Gasteiger partial charge in [-0.3, -0.25) is 18.7 Å². The predicted molar refractivity (Wildman–Crippen MR) is 115 cm³/mol. The van der Waals surface area contributed by atoms with Crippen molar-refractivity contribution >= 4 is 11.8 Å². The van der Waals surface area contributed by atoms with Gasteiger partial charge in [0.2, 0.25) is 0 Å². The van der Waals surface area contributed by atoms with Crippen molar-refractivity contribution in [3.63, 3.8) is 0 Å². The van der Waals surface area contributed by atoms with E-state index in [-0.39, 0.29) is 25.6 Å². The Morgan fingerprint density at radius 1 is 1.23 bits per heavy atom. The maximum Gasteiger partial charge on any atom is 0.333 e. The van der Waals surface area contributed by atoms with Gasteiger partial charge in [-0.1, -0.05) is 30.2 Å². The van der Waals surface area contributed by atoms with E-state index in [2.05, 4.69) is 11.8 Å². The number of aromatic nitrogens is 2. The summed E-state index contributed by atoms with van der Waals surface area (Å²) in [6, 6.07) is 8.37. The molecule has 8 nitrogen and oxygen atoms in total. The molecule has 0 spiro atoms. The van der Waals surface area contributed by atoms with Crippen molar-refractivity contribution in [2.45, 2.75) is 45.3 Å². The molecule has 2 aromatic rings. The Balaban J connectivity index is 2.06. The molecule has 1 saturated heterocycles. The van der Waals surface area contributed by atoms with Crippen LogP contribution in [0.25, 0.3) is 0 Å². The summed E-state index contributed by atoms with van der Waals surface area (Å²) in [4.78, 5) is 39.3. The first kappa shape index (κ1) is 21.4. The summed E-state index contributed by atoms with van der Waals surface area (Å²) in [6.45, 7) is 3.15. The molecule has 0 amide bonds. The van der Waals surface area contributed by atoms with E-state index in [4.69, 9.17) is 10.8 Å². The van der Waals surface area contributed by atoms with Gasteiger partial charge in [0.1, 0.15) is 5.82 Å². The van der Waals surface area contributed by atoms with E-state index < -0.39 is 17.2 Å². The highest BCUT2D eigenvalue weighted by Gasteiger charge is 2.22. The second kappa shape index (κ2) is 9.46. The minimum atomic E-state index is -0.970. The third-order valence-corrected chi connectivity index (χ3v) is 5.24. The summed E-state index contributed by atoms with van der Waals surface area (Å²) in [5.74, 6) is 5.25. The molecule has 1 aliphatic rings. The Morgan fingerprint density at radius 2 is 1.97 bits per heavy atom. The van der Waals surface area contributed by atoms with Crippen molar-refractivity contribution in [3.8, 4) is 11.8 Å². The van der Waals surface area contributed by atoms with E-state index >= 15 is 0 Å². The van der Waals surface area contributed by atoms with Crippen LogP contribution < -0.4 is 21.9 Å². The van der Waals surface area contributed by atoms with Crippen LogP contribution in [0.5, 0.6) is 0 Å². The van der Waals surface area contributed by atoms with E-state index in [9.17, 15) is 14.4 Å². The van der Waals surface area contributed by atoms with Gasteiger partial charge in [-0.25, -0.2) is 4.79 Å². The van der Waals surface area contributed by atoms with Gasteiger partial charge >= 0.3 is 11.7 Å². The van der Waals surface area contributed by atoms with Crippen LogP contribution in [-0.2, 0) is 24.3 Å². The molecular weight excluding hydrogens is 384 g/mol. The van der Waals surface area contributed by atoms with Gasteiger partial charge in [0, 0.05) is 25.2 Å². The minimum absolute atomic E-state index is 0.000464. The fourth-order valence-electron chi connectivity index (χ4n) is 3.75. The Hall–Kier alpha value is -3.31. The van der Waals surface area contributed by atoms with Crippen molar-refractivity contribution in [2.75, 3.05) is 18.0 Å². The number of carboxylic acids is 1. The molecule has 3 rings (SSSR count). The van der Waals surface area contributed by atoms with Crippen LogP contribution in [0.4, 0.5) is 5.82 Å². The second-order valence-corrected chi connectivity index (χ2v) is 7.41. The lowest BCUT2D eigenvalue weighted by Gasteiger charge is -2.33. The zero-order valence-corrected chi connectivity index (χ0v) is 17.0. The molecule has 0 radical (unpaired) electrons. The summed E-state index contributed by atoms with van der Waals surface area (Å²) >= 11 is 0. The van der Waals surface area contributed by atoms with Gasteiger partial charge in [-0.05, 0) is 30.9 Å². The third kappa shape index (κ3) is 4.81. The lowest BCUT2D eigenvalue weighted by Crippen LogP contribution is -2.48. The number of anilines is 1. The van der Waals surface area contributed by atoms with Crippen LogP contribution in [0.2, 0.25) is 0 Å². The first-order chi connectivity index (χ1) is 14.4. The number of hydrogen-bond acceptors (Lipinski definition) is 5. The van der Waals surface area contributed by atoms with Crippen LogP contribution >= 0.6 is 0 Å². The minimum Gasteiger partial charge on any atom is -0.481 e. The molecule has 8 heteroatoms. The normalized spacial score (nSPS) is 16.1. The molecule has 2 heterocycles. The molecule has 1 fully saturated rings. The van der Waals surface area contributed by atoms with Crippen molar-refractivity contribution in [1.29, 1.82) is 0 Å². The highest BCUT2D eigenvalue weighted by atomic mass is 16.4. The number of aliphatic carboxylic acids is 1. The molecule has 158 valence electrons.